The smallest absolute Gasteiger partial charge is 0.315 e. The van der Waals surface area contributed by atoms with Crippen LogP contribution in [0.5, 0.6) is 0 Å². The van der Waals surface area contributed by atoms with E-state index in [-0.39, 0.29) is 24.0 Å². The van der Waals surface area contributed by atoms with Crippen LogP contribution in [-0.4, -0.2) is 25.2 Å². The Balaban J connectivity index is 2.29. The van der Waals surface area contributed by atoms with E-state index in [2.05, 4.69) is 27.3 Å². The number of methoxy groups -OCH3 is 1. The van der Waals surface area contributed by atoms with Crippen molar-refractivity contribution in [3.8, 4) is 0 Å². The summed E-state index contributed by atoms with van der Waals surface area (Å²) in [5.41, 5.74) is 0. The van der Waals surface area contributed by atoms with Crippen molar-refractivity contribution in [2.75, 3.05) is 7.11 Å². The minimum absolute atomic E-state index is 0.247. The molecule has 0 aromatic heterocycles. The minimum atomic E-state index is -0.437. The van der Waals surface area contributed by atoms with Crippen LogP contribution in [0.4, 0.5) is 0 Å². The van der Waals surface area contributed by atoms with E-state index < -0.39 is 5.92 Å². The molecule has 0 saturated carbocycles. The van der Waals surface area contributed by atoms with Crippen molar-refractivity contribution < 1.29 is 19.1 Å². The maximum Gasteiger partial charge on any atom is 0.315 e. The van der Waals surface area contributed by atoms with Gasteiger partial charge >= 0.3 is 11.9 Å². The predicted octanol–water partition coefficient (Wildman–Crippen LogP) is 1.04. The number of ether oxygens (including phenoxy) is 2. The zero-order chi connectivity index (χ0) is 10.3. The molecule has 1 fully saturated rings. The number of carbonyl (C=O) groups excluding carboxylic acids is 2. The zero-order valence-corrected chi connectivity index (χ0v) is 9.68. The van der Waals surface area contributed by atoms with Gasteiger partial charge in [-0.05, 0) is 28.7 Å². The number of rotatable bonds is 1. The van der Waals surface area contributed by atoms with Gasteiger partial charge in [0.1, 0.15) is 12.0 Å². The molecule has 1 aliphatic carbocycles. The molecule has 14 heavy (non-hydrogen) atoms. The third-order valence-corrected chi connectivity index (χ3v) is 3.59. The van der Waals surface area contributed by atoms with E-state index in [1.165, 1.54) is 7.11 Å². The van der Waals surface area contributed by atoms with Crippen LogP contribution in [0.2, 0.25) is 0 Å². The zero-order valence-electron chi connectivity index (χ0n) is 7.53. The van der Waals surface area contributed by atoms with Gasteiger partial charge in [0.05, 0.1) is 13.0 Å². The lowest BCUT2D eigenvalue weighted by Crippen LogP contribution is -2.45. The summed E-state index contributed by atoms with van der Waals surface area (Å²) in [5.74, 6) is -1.42. The predicted molar refractivity (Wildman–Crippen MR) is 55.6 cm³/mol. The van der Waals surface area contributed by atoms with Crippen LogP contribution in [0.15, 0.2) is 9.66 Å². The summed E-state index contributed by atoms with van der Waals surface area (Å²) < 4.78 is 10.6. The van der Waals surface area contributed by atoms with Crippen molar-refractivity contribution >= 4 is 34.5 Å². The van der Waals surface area contributed by atoms with Gasteiger partial charge in [0.2, 0.25) is 0 Å². The molecule has 0 spiro atoms. The lowest BCUT2D eigenvalue weighted by atomic mass is 9.80. The van der Waals surface area contributed by atoms with Crippen molar-refractivity contribution in [1.29, 1.82) is 0 Å². The Labute approximate surface area is 94.8 Å². The molecule has 2 heterocycles. The quantitative estimate of drug-likeness (QED) is 0.536. The van der Waals surface area contributed by atoms with Gasteiger partial charge in [0.15, 0.2) is 0 Å². The first kappa shape index (κ1) is 9.95. The molecule has 4 nitrogen and oxygen atoms in total. The number of hydrogen-bond acceptors (Lipinski definition) is 4. The summed E-state index contributed by atoms with van der Waals surface area (Å²) in [7, 11) is 1.34. The monoisotopic (exact) mass is 308 g/mol. The van der Waals surface area contributed by atoms with Crippen LogP contribution in [0.1, 0.15) is 6.42 Å². The van der Waals surface area contributed by atoms with E-state index >= 15 is 0 Å². The first-order valence-electron chi connectivity index (χ1n) is 4.29. The van der Waals surface area contributed by atoms with Crippen molar-refractivity contribution in [3.63, 3.8) is 0 Å². The van der Waals surface area contributed by atoms with Crippen molar-refractivity contribution in [2.24, 2.45) is 11.8 Å². The molecule has 0 amide bonds. The third kappa shape index (κ3) is 1.43. The molecule has 5 heteroatoms. The summed E-state index contributed by atoms with van der Waals surface area (Å²) in [6, 6.07) is 0. The Bertz CT molecular complexity index is 323. The second-order valence-electron chi connectivity index (χ2n) is 3.37. The molecule has 3 rings (SSSR count). The number of esters is 2. The molecule has 3 aliphatic rings. The maximum absolute atomic E-state index is 11.4. The highest BCUT2D eigenvalue weighted by molar-refractivity contribution is 14.1. The summed E-state index contributed by atoms with van der Waals surface area (Å²) in [5, 5.41) is 0. The maximum atomic E-state index is 11.4. The van der Waals surface area contributed by atoms with Gasteiger partial charge in [-0.3, -0.25) is 9.59 Å². The molecular formula is C9H9IO4. The van der Waals surface area contributed by atoms with Crippen LogP contribution in [0, 0.1) is 11.8 Å². The average Bonchev–Trinajstić information content (AvgIpc) is 2.15. The van der Waals surface area contributed by atoms with Crippen LogP contribution in [-0.2, 0) is 19.1 Å². The fraction of sp³-hybridized carbons (Fsp3) is 0.556. The fourth-order valence-corrected chi connectivity index (χ4v) is 2.98. The molecule has 0 aromatic rings. The van der Waals surface area contributed by atoms with Gasteiger partial charge in [-0.15, -0.1) is 0 Å². The normalized spacial score (nSPS) is 34.9. The molecule has 1 saturated heterocycles. The van der Waals surface area contributed by atoms with Gasteiger partial charge in [-0.2, -0.15) is 0 Å². The summed E-state index contributed by atoms with van der Waals surface area (Å²) >= 11 is 2.08. The highest BCUT2D eigenvalue weighted by Gasteiger charge is 2.47. The van der Waals surface area contributed by atoms with E-state index in [9.17, 15) is 9.59 Å². The molecular weight excluding hydrogens is 299 g/mol. The largest absolute Gasteiger partial charge is 0.469 e. The van der Waals surface area contributed by atoms with Crippen molar-refractivity contribution in [1.82, 2.24) is 0 Å². The lowest BCUT2D eigenvalue weighted by molar-refractivity contribution is -0.170. The Morgan fingerprint density at radius 3 is 2.93 bits per heavy atom. The highest BCUT2D eigenvalue weighted by Crippen LogP contribution is 2.41. The van der Waals surface area contributed by atoms with E-state index in [4.69, 9.17) is 4.74 Å². The molecule has 2 bridgehead atoms. The summed E-state index contributed by atoms with van der Waals surface area (Å²) in [4.78, 5) is 22.8. The Morgan fingerprint density at radius 2 is 2.43 bits per heavy atom. The minimum Gasteiger partial charge on any atom is -0.469 e. The van der Waals surface area contributed by atoms with Crippen LogP contribution < -0.4 is 0 Å². The van der Waals surface area contributed by atoms with Gasteiger partial charge < -0.3 is 9.47 Å². The molecule has 0 radical (unpaired) electrons. The van der Waals surface area contributed by atoms with Gasteiger partial charge in [-0.1, -0.05) is 0 Å². The standard InChI is InChI=1S/C9H9IO4/c1-13-8(11)5-2-4-3-6(10)7(5)9(12)14-4/h3-5,7H,2H2,1H3/t4-,5+,7+/m0/s1. The number of halogens is 1. The first-order chi connectivity index (χ1) is 6.63. The third-order valence-electron chi connectivity index (χ3n) is 2.56. The Kier molecular flexibility index (Phi) is 2.50. The lowest BCUT2D eigenvalue weighted by Gasteiger charge is -2.37. The molecule has 0 unspecified atom stereocenters. The summed E-state index contributed by atoms with van der Waals surface area (Å²) in [6.45, 7) is 0. The number of carbonyl (C=O) groups is 2. The highest BCUT2D eigenvalue weighted by atomic mass is 127. The van der Waals surface area contributed by atoms with E-state index in [1.54, 1.807) is 0 Å². The van der Waals surface area contributed by atoms with Crippen LogP contribution >= 0.6 is 22.6 Å². The van der Waals surface area contributed by atoms with E-state index in [0.29, 0.717) is 6.42 Å². The van der Waals surface area contributed by atoms with Crippen molar-refractivity contribution in [2.45, 2.75) is 12.5 Å². The van der Waals surface area contributed by atoms with Crippen LogP contribution in [0.25, 0.3) is 0 Å². The SMILES string of the molecule is COC(=O)[C@@H]1C[C@H]2C=C(I)[C@@H]1C(=O)O2. The van der Waals surface area contributed by atoms with E-state index in [1.807, 2.05) is 6.08 Å². The van der Waals surface area contributed by atoms with E-state index in [0.717, 1.165) is 3.58 Å². The van der Waals surface area contributed by atoms with Crippen LogP contribution in [0.3, 0.4) is 0 Å². The van der Waals surface area contributed by atoms with Crippen molar-refractivity contribution in [3.05, 3.63) is 9.66 Å². The molecule has 2 aliphatic heterocycles. The Morgan fingerprint density at radius 1 is 1.71 bits per heavy atom. The average molecular weight is 308 g/mol. The molecule has 76 valence electrons. The number of hydrogen-bond donors (Lipinski definition) is 0. The van der Waals surface area contributed by atoms with Gasteiger partial charge in [0, 0.05) is 10.0 Å². The second-order valence-corrected chi connectivity index (χ2v) is 4.62. The first-order valence-corrected chi connectivity index (χ1v) is 5.37. The summed E-state index contributed by atoms with van der Waals surface area (Å²) in [6.07, 6.45) is 2.20. The second kappa shape index (κ2) is 3.52. The number of fused-ring (bicyclic) bond motifs is 2. The van der Waals surface area contributed by atoms with Gasteiger partial charge in [0.25, 0.3) is 0 Å². The molecule has 3 atom stereocenters. The topological polar surface area (TPSA) is 52.6 Å². The molecule has 0 aromatic carbocycles. The molecule has 0 N–H and O–H groups in total. The Hall–Kier alpha value is -0.590. The van der Waals surface area contributed by atoms with Gasteiger partial charge in [-0.25, -0.2) is 0 Å². The fourth-order valence-electron chi connectivity index (χ4n) is 1.89.